The topological polar surface area (TPSA) is 69.7 Å². The number of anilines is 1. The number of halogens is 2. The first-order chi connectivity index (χ1) is 13.4. The van der Waals surface area contributed by atoms with Crippen molar-refractivity contribution in [2.24, 2.45) is 0 Å². The summed E-state index contributed by atoms with van der Waals surface area (Å²) in [6.45, 7) is 2.50. The standard InChI is InChI=1S/C19H19Cl2N3O3S/c1-12(25)19(27)23-6-7-24(13-4-5-15(20)16(21)9-13)17(11-23)18(26)22-10-14-3-2-8-28-14/h2-5,8-9,17H,6-7,10-11H2,1H3,(H,22,26)/t17-/m0/s1. The molecule has 1 fully saturated rings. The summed E-state index contributed by atoms with van der Waals surface area (Å²) >= 11 is 13.7. The lowest BCUT2D eigenvalue weighted by Gasteiger charge is -2.41. The summed E-state index contributed by atoms with van der Waals surface area (Å²) in [5.74, 6) is -1.34. The van der Waals surface area contributed by atoms with Gasteiger partial charge in [-0.15, -0.1) is 11.3 Å². The van der Waals surface area contributed by atoms with Crippen LogP contribution >= 0.6 is 34.5 Å². The van der Waals surface area contributed by atoms with Crippen molar-refractivity contribution in [3.05, 3.63) is 50.6 Å². The molecule has 1 aromatic carbocycles. The van der Waals surface area contributed by atoms with Gasteiger partial charge in [0, 0.05) is 30.6 Å². The number of thiophene rings is 1. The average Bonchev–Trinajstić information content (AvgIpc) is 3.20. The molecule has 1 aliphatic rings. The Kier molecular flexibility index (Phi) is 6.59. The van der Waals surface area contributed by atoms with E-state index in [2.05, 4.69) is 5.32 Å². The largest absolute Gasteiger partial charge is 0.356 e. The van der Waals surface area contributed by atoms with Crippen molar-refractivity contribution in [3.8, 4) is 0 Å². The minimum absolute atomic E-state index is 0.120. The highest BCUT2D eigenvalue weighted by molar-refractivity contribution is 7.09. The molecular weight excluding hydrogens is 421 g/mol. The molecule has 0 saturated carbocycles. The van der Waals surface area contributed by atoms with Crippen LogP contribution in [0.2, 0.25) is 10.0 Å². The van der Waals surface area contributed by atoms with E-state index in [4.69, 9.17) is 23.2 Å². The summed E-state index contributed by atoms with van der Waals surface area (Å²) in [7, 11) is 0. The maximum atomic E-state index is 12.9. The number of Topliss-reactive ketones (excluding diaryl/α,β-unsaturated/α-hetero) is 1. The van der Waals surface area contributed by atoms with Gasteiger partial charge in [0.25, 0.3) is 5.91 Å². The molecule has 1 aromatic heterocycles. The fourth-order valence-electron chi connectivity index (χ4n) is 3.09. The van der Waals surface area contributed by atoms with E-state index in [1.807, 2.05) is 22.4 Å². The van der Waals surface area contributed by atoms with E-state index in [0.717, 1.165) is 10.6 Å². The molecule has 0 unspecified atom stereocenters. The second-order valence-corrected chi connectivity index (χ2v) is 8.26. The molecule has 0 aliphatic carbocycles. The van der Waals surface area contributed by atoms with E-state index in [-0.39, 0.29) is 12.5 Å². The zero-order valence-corrected chi connectivity index (χ0v) is 17.5. The Morgan fingerprint density at radius 3 is 2.61 bits per heavy atom. The number of ketones is 1. The molecule has 28 heavy (non-hydrogen) atoms. The van der Waals surface area contributed by atoms with Gasteiger partial charge in [0.05, 0.1) is 23.1 Å². The third-order valence-electron chi connectivity index (χ3n) is 4.52. The number of nitrogens with zero attached hydrogens (tertiary/aromatic N) is 2. The van der Waals surface area contributed by atoms with Gasteiger partial charge in [-0.25, -0.2) is 0 Å². The van der Waals surface area contributed by atoms with Gasteiger partial charge in [-0.05, 0) is 29.6 Å². The maximum absolute atomic E-state index is 12.9. The minimum Gasteiger partial charge on any atom is -0.356 e. The molecule has 3 rings (SSSR count). The van der Waals surface area contributed by atoms with E-state index < -0.39 is 17.7 Å². The van der Waals surface area contributed by atoms with Crippen molar-refractivity contribution < 1.29 is 14.4 Å². The first kappa shape index (κ1) is 20.6. The van der Waals surface area contributed by atoms with E-state index >= 15 is 0 Å². The lowest BCUT2D eigenvalue weighted by molar-refractivity contribution is -0.144. The minimum atomic E-state index is -0.644. The number of benzene rings is 1. The summed E-state index contributed by atoms with van der Waals surface area (Å²) in [5.41, 5.74) is 0.737. The van der Waals surface area contributed by atoms with Crippen LogP contribution in [-0.4, -0.2) is 48.2 Å². The second kappa shape index (κ2) is 8.94. The summed E-state index contributed by atoms with van der Waals surface area (Å²) in [6.07, 6.45) is 0. The zero-order chi connectivity index (χ0) is 20.3. The van der Waals surface area contributed by atoms with Crippen molar-refractivity contribution in [2.75, 3.05) is 24.5 Å². The summed E-state index contributed by atoms with van der Waals surface area (Å²) in [6, 6.07) is 8.37. The highest BCUT2D eigenvalue weighted by Gasteiger charge is 2.35. The van der Waals surface area contributed by atoms with Crippen LogP contribution in [0.15, 0.2) is 35.7 Å². The SMILES string of the molecule is CC(=O)C(=O)N1CCN(c2ccc(Cl)c(Cl)c2)[C@H](C(=O)NCc2cccs2)C1. The Labute approximate surface area is 177 Å². The maximum Gasteiger partial charge on any atom is 0.289 e. The molecule has 1 N–H and O–H groups in total. The lowest BCUT2D eigenvalue weighted by Crippen LogP contribution is -2.61. The summed E-state index contributed by atoms with van der Waals surface area (Å²) in [5, 5.41) is 5.67. The van der Waals surface area contributed by atoms with Gasteiger partial charge in [0.2, 0.25) is 11.7 Å². The van der Waals surface area contributed by atoms with Gasteiger partial charge in [0.1, 0.15) is 6.04 Å². The van der Waals surface area contributed by atoms with E-state index in [1.54, 1.807) is 29.5 Å². The van der Waals surface area contributed by atoms with Crippen LogP contribution in [0, 0.1) is 0 Å². The average molecular weight is 440 g/mol. The van der Waals surface area contributed by atoms with Crippen molar-refractivity contribution in [1.29, 1.82) is 0 Å². The Morgan fingerprint density at radius 1 is 1.18 bits per heavy atom. The molecule has 6 nitrogen and oxygen atoms in total. The number of carbonyl (C=O) groups is 3. The van der Waals surface area contributed by atoms with Crippen LogP contribution in [0.1, 0.15) is 11.8 Å². The number of hydrogen-bond acceptors (Lipinski definition) is 5. The van der Waals surface area contributed by atoms with E-state index in [0.29, 0.717) is 29.7 Å². The fourth-order valence-corrected chi connectivity index (χ4v) is 4.03. The van der Waals surface area contributed by atoms with E-state index in [9.17, 15) is 14.4 Å². The number of carbonyl (C=O) groups excluding carboxylic acids is 3. The predicted octanol–water partition coefficient (Wildman–Crippen LogP) is 2.98. The lowest BCUT2D eigenvalue weighted by atomic mass is 10.1. The van der Waals surface area contributed by atoms with Crippen LogP contribution in [0.3, 0.4) is 0 Å². The zero-order valence-electron chi connectivity index (χ0n) is 15.2. The van der Waals surface area contributed by atoms with Gasteiger partial charge in [0.15, 0.2) is 0 Å². The molecule has 1 saturated heterocycles. The van der Waals surface area contributed by atoms with Gasteiger partial charge >= 0.3 is 0 Å². The third kappa shape index (κ3) is 4.66. The number of rotatable bonds is 5. The van der Waals surface area contributed by atoms with Crippen molar-refractivity contribution >= 4 is 57.8 Å². The van der Waals surface area contributed by atoms with Gasteiger partial charge in [-0.2, -0.15) is 0 Å². The molecule has 2 amide bonds. The molecule has 2 aromatic rings. The van der Waals surface area contributed by atoms with Gasteiger partial charge in [-0.1, -0.05) is 29.3 Å². The summed E-state index contributed by atoms with van der Waals surface area (Å²) in [4.78, 5) is 40.9. The van der Waals surface area contributed by atoms with Crippen LogP contribution < -0.4 is 10.2 Å². The van der Waals surface area contributed by atoms with Crippen LogP contribution in [0.4, 0.5) is 5.69 Å². The van der Waals surface area contributed by atoms with Crippen molar-refractivity contribution in [1.82, 2.24) is 10.2 Å². The fraction of sp³-hybridized carbons (Fsp3) is 0.316. The normalized spacial score (nSPS) is 16.8. The van der Waals surface area contributed by atoms with Crippen molar-refractivity contribution in [2.45, 2.75) is 19.5 Å². The number of amides is 2. The quantitative estimate of drug-likeness (QED) is 0.726. The first-order valence-corrected chi connectivity index (χ1v) is 10.3. The number of hydrogen-bond donors (Lipinski definition) is 1. The van der Waals surface area contributed by atoms with Crippen LogP contribution in [0.25, 0.3) is 0 Å². The van der Waals surface area contributed by atoms with Crippen LogP contribution in [-0.2, 0) is 20.9 Å². The molecule has 9 heteroatoms. The van der Waals surface area contributed by atoms with Crippen LogP contribution in [0.5, 0.6) is 0 Å². The molecule has 1 aliphatic heterocycles. The molecular formula is C19H19Cl2N3O3S. The highest BCUT2D eigenvalue weighted by Crippen LogP contribution is 2.29. The Morgan fingerprint density at radius 2 is 1.96 bits per heavy atom. The third-order valence-corrected chi connectivity index (χ3v) is 6.14. The van der Waals surface area contributed by atoms with E-state index in [1.165, 1.54) is 11.8 Å². The second-order valence-electron chi connectivity index (χ2n) is 6.41. The number of piperazine rings is 1. The highest BCUT2D eigenvalue weighted by atomic mass is 35.5. The summed E-state index contributed by atoms with van der Waals surface area (Å²) < 4.78 is 0. The monoisotopic (exact) mass is 439 g/mol. The number of nitrogens with one attached hydrogen (secondary N) is 1. The van der Waals surface area contributed by atoms with Gasteiger partial charge in [-0.3, -0.25) is 14.4 Å². The van der Waals surface area contributed by atoms with Crippen molar-refractivity contribution in [3.63, 3.8) is 0 Å². The molecule has 148 valence electrons. The first-order valence-electron chi connectivity index (χ1n) is 8.68. The predicted molar refractivity (Wildman–Crippen MR) is 111 cm³/mol. The molecule has 0 spiro atoms. The molecule has 0 bridgehead atoms. The Balaban J connectivity index is 1.82. The molecule has 0 radical (unpaired) electrons. The molecule has 1 atom stereocenters. The van der Waals surface area contributed by atoms with Gasteiger partial charge < -0.3 is 15.1 Å². The Bertz CT molecular complexity index is 889. The Hall–Kier alpha value is -2.09. The molecule has 2 heterocycles. The smallest absolute Gasteiger partial charge is 0.289 e.